The third-order valence-corrected chi connectivity index (χ3v) is 7.43. The summed E-state index contributed by atoms with van der Waals surface area (Å²) < 4.78 is 1.52. The Morgan fingerprint density at radius 3 is 2.58 bits per heavy atom. The lowest BCUT2D eigenvalue weighted by atomic mass is 10.1. The monoisotopic (exact) mass is 497 g/mol. The van der Waals surface area contributed by atoms with Gasteiger partial charge in [-0.2, -0.15) is 0 Å². The quantitative estimate of drug-likeness (QED) is 0.211. The van der Waals surface area contributed by atoms with Crippen LogP contribution in [-0.2, 0) is 4.79 Å². The first-order valence-electron chi connectivity index (χ1n) is 10.1. The predicted octanol–water partition coefficient (Wildman–Crippen LogP) is 5.65. The Labute approximate surface area is 203 Å². The molecule has 0 spiro atoms. The Morgan fingerprint density at radius 1 is 1.15 bits per heavy atom. The largest absolute Gasteiger partial charge is 0.325 e. The average molecular weight is 498 g/mol. The van der Waals surface area contributed by atoms with Gasteiger partial charge in [0.15, 0.2) is 10.9 Å². The lowest BCUT2D eigenvalue weighted by molar-refractivity contribution is -0.113. The highest BCUT2D eigenvalue weighted by molar-refractivity contribution is 7.99. The van der Waals surface area contributed by atoms with Crippen molar-refractivity contribution < 1.29 is 9.59 Å². The minimum atomic E-state index is -0.267. The molecule has 0 aliphatic rings. The summed E-state index contributed by atoms with van der Waals surface area (Å²) >= 11 is 8.67. The van der Waals surface area contributed by atoms with Gasteiger partial charge < -0.3 is 5.32 Å². The summed E-state index contributed by atoms with van der Waals surface area (Å²) in [7, 11) is 0. The van der Waals surface area contributed by atoms with E-state index >= 15 is 0 Å². The summed E-state index contributed by atoms with van der Waals surface area (Å²) in [4.78, 5) is 44.1. The highest BCUT2D eigenvalue weighted by Gasteiger charge is 2.19. The van der Waals surface area contributed by atoms with Crippen LogP contribution in [0.1, 0.15) is 27.7 Å². The Bertz CT molecular complexity index is 1440. The Kier molecular flexibility index (Phi) is 6.69. The van der Waals surface area contributed by atoms with Crippen molar-refractivity contribution in [2.45, 2.75) is 25.9 Å². The van der Waals surface area contributed by atoms with Gasteiger partial charge in [-0.15, -0.1) is 11.3 Å². The first kappa shape index (κ1) is 23.2. The number of aryl methyl sites for hydroxylation is 2. The summed E-state index contributed by atoms with van der Waals surface area (Å²) in [6.07, 6.45) is 0. The van der Waals surface area contributed by atoms with E-state index in [1.165, 1.54) is 34.6 Å². The minimum absolute atomic E-state index is 0.0408. The molecule has 2 heterocycles. The van der Waals surface area contributed by atoms with Crippen molar-refractivity contribution in [2.75, 3.05) is 11.1 Å². The number of nitrogens with zero attached hydrogens (tertiary/aromatic N) is 2. The number of anilines is 1. The van der Waals surface area contributed by atoms with E-state index in [0.717, 1.165) is 10.4 Å². The number of amides is 1. The number of hydrogen-bond donors (Lipinski definition) is 1. The van der Waals surface area contributed by atoms with Gasteiger partial charge in [-0.05, 0) is 62.7 Å². The van der Waals surface area contributed by atoms with E-state index in [1.807, 2.05) is 13.8 Å². The van der Waals surface area contributed by atoms with Gasteiger partial charge in [-0.1, -0.05) is 35.5 Å². The molecule has 1 amide bonds. The van der Waals surface area contributed by atoms with Gasteiger partial charge in [-0.25, -0.2) is 4.98 Å². The second-order valence-corrected chi connectivity index (χ2v) is 10.0. The number of halogens is 1. The first-order chi connectivity index (χ1) is 15.7. The van der Waals surface area contributed by atoms with Crippen LogP contribution in [-0.4, -0.2) is 27.0 Å². The molecule has 0 unspecified atom stereocenters. The predicted molar refractivity (Wildman–Crippen MR) is 136 cm³/mol. The zero-order chi connectivity index (χ0) is 23.7. The number of thioether (sulfide) groups is 1. The molecule has 33 heavy (non-hydrogen) atoms. The van der Waals surface area contributed by atoms with Crippen LogP contribution in [0.4, 0.5) is 5.69 Å². The zero-order valence-electron chi connectivity index (χ0n) is 18.1. The summed E-state index contributed by atoms with van der Waals surface area (Å²) in [5, 5.41) is 4.36. The van der Waals surface area contributed by atoms with E-state index in [4.69, 9.17) is 16.6 Å². The Balaban J connectivity index is 1.66. The second-order valence-electron chi connectivity index (χ2n) is 7.45. The molecule has 0 bridgehead atoms. The van der Waals surface area contributed by atoms with E-state index in [-0.39, 0.29) is 23.0 Å². The van der Waals surface area contributed by atoms with Crippen molar-refractivity contribution in [3.05, 3.63) is 79.9 Å². The van der Waals surface area contributed by atoms with Gasteiger partial charge >= 0.3 is 0 Å². The number of thiophene rings is 1. The maximum Gasteiger partial charge on any atom is 0.267 e. The third-order valence-electron chi connectivity index (χ3n) is 5.14. The van der Waals surface area contributed by atoms with Crippen molar-refractivity contribution >= 4 is 62.3 Å². The van der Waals surface area contributed by atoms with Crippen LogP contribution >= 0.6 is 34.7 Å². The van der Waals surface area contributed by atoms with Crippen molar-refractivity contribution in [1.29, 1.82) is 0 Å². The maximum atomic E-state index is 13.5. The molecule has 6 nitrogen and oxygen atoms in total. The fourth-order valence-corrected chi connectivity index (χ4v) is 5.34. The normalized spacial score (nSPS) is 11.0. The van der Waals surface area contributed by atoms with Crippen molar-refractivity contribution in [3.8, 4) is 5.69 Å². The molecule has 2 aromatic carbocycles. The number of nitrogens with one attached hydrogen (secondary N) is 1. The maximum absolute atomic E-state index is 13.5. The Hall–Kier alpha value is -2.94. The number of benzene rings is 2. The highest BCUT2D eigenvalue weighted by Crippen LogP contribution is 2.30. The molecule has 0 atom stereocenters. The lowest BCUT2D eigenvalue weighted by Gasteiger charge is -2.12. The second kappa shape index (κ2) is 9.51. The number of carbonyl (C=O) groups excluding carboxylic acids is 2. The molecule has 4 aromatic rings. The van der Waals surface area contributed by atoms with Crippen molar-refractivity contribution in [1.82, 2.24) is 9.55 Å². The molecule has 9 heteroatoms. The molecule has 0 radical (unpaired) electrons. The average Bonchev–Trinajstić information content (AvgIpc) is 3.07. The van der Waals surface area contributed by atoms with Gasteiger partial charge in [-0.3, -0.25) is 19.0 Å². The van der Waals surface area contributed by atoms with E-state index in [0.29, 0.717) is 37.3 Å². The van der Waals surface area contributed by atoms with E-state index in [1.54, 1.807) is 48.5 Å². The molecule has 0 saturated carbocycles. The SMILES string of the molecule is CC(=O)c1cccc(NC(=O)CSc2nc3sc(C)c(C)c3c(=O)n2-c2ccc(Cl)cc2)c1. The molecule has 0 aliphatic carbocycles. The van der Waals surface area contributed by atoms with E-state index < -0.39 is 0 Å². The molecule has 168 valence electrons. The number of Topliss-reactive ketones (excluding diaryl/α,β-unsaturated/α-hetero) is 1. The van der Waals surface area contributed by atoms with Crippen LogP contribution in [0.5, 0.6) is 0 Å². The summed E-state index contributed by atoms with van der Waals surface area (Å²) in [6, 6.07) is 13.7. The smallest absolute Gasteiger partial charge is 0.267 e. The summed E-state index contributed by atoms with van der Waals surface area (Å²) in [5.74, 6) is -0.304. The van der Waals surface area contributed by atoms with Crippen LogP contribution in [0.25, 0.3) is 15.9 Å². The van der Waals surface area contributed by atoms with Gasteiger partial charge in [0.2, 0.25) is 5.91 Å². The van der Waals surface area contributed by atoms with Gasteiger partial charge in [0, 0.05) is 21.2 Å². The molecule has 2 aromatic heterocycles. The van der Waals surface area contributed by atoms with E-state index in [2.05, 4.69) is 5.32 Å². The van der Waals surface area contributed by atoms with Gasteiger partial charge in [0.05, 0.1) is 16.8 Å². The number of ketones is 1. The van der Waals surface area contributed by atoms with Crippen LogP contribution in [0, 0.1) is 13.8 Å². The highest BCUT2D eigenvalue weighted by atomic mass is 35.5. The van der Waals surface area contributed by atoms with Crippen molar-refractivity contribution in [2.24, 2.45) is 0 Å². The molecular formula is C24H20ClN3O3S2. The van der Waals surface area contributed by atoms with Crippen LogP contribution in [0.2, 0.25) is 5.02 Å². The Morgan fingerprint density at radius 2 is 1.88 bits per heavy atom. The summed E-state index contributed by atoms with van der Waals surface area (Å²) in [6.45, 7) is 5.35. The molecule has 4 rings (SSSR count). The summed E-state index contributed by atoms with van der Waals surface area (Å²) in [5.41, 5.74) is 2.42. The van der Waals surface area contributed by atoms with Crippen LogP contribution in [0.3, 0.4) is 0 Å². The van der Waals surface area contributed by atoms with Crippen LogP contribution < -0.4 is 10.9 Å². The topological polar surface area (TPSA) is 81.1 Å². The number of fused-ring (bicyclic) bond motifs is 1. The molecule has 0 aliphatic heterocycles. The van der Waals surface area contributed by atoms with Gasteiger partial charge in [0.25, 0.3) is 5.56 Å². The first-order valence-corrected chi connectivity index (χ1v) is 12.2. The lowest BCUT2D eigenvalue weighted by Crippen LogP contribution is -2.22. The fraction of sp³-hybridized carbons (Fsp3) is 0.167. The molecule has 0 fully saturated rings. The third kappa shape index (κ3) is 4.88. The number of carbonyl (C=O) groups is 2. The van der Waals surface area contributed by atoms with Gasteiger partial charge in [0.1, 0.15) is 4.83 Å². The van der Waals surface area contributed by atoms with E-state index in [9.17, 15) is 14.4 Å². The molecule has 0 saturated heterocycles. The molecule has 1 N–H and O–H groups in total. The number of aromatic nitrogens is 2. The standard InChI is InChI=1S/C24H20ClN3O3S2/c1-13-15(3)33-22-21(13)23(31)28(19-9-7-17(25)8-10-19)24(27-22)32-12-20(30)26-18-6-4-5-16(11-18)14(2)29/h4-11H,12H2,1-3H3,(H,26,30). The zero-order valence-corrected chi connectivity index (χ0v) is 20.5. The van der Waals surface area contributed by atoms with Crippen molar-refractivity contribution in [3.63, 3.8) is 0 Å². The van der Waals surface area contributed by atoms with Crippen LogP contribution in [0.15, 0.2) is 58.5 Å². The number of hydrogen-bond acceptors (Lipinski definition) is 6. The fourth-order valence-electron chi connectivity index (χ4n) is 3.33. The molecular weight excluding hydrogens is 478 g/mol. The minimum Gasteiger partial charge on any atom is -0.325 e. The number of rotatable bonds is 6.